The lowest BCUT2D eigenvalue weighted by Crippen LogP contribution is -2.65. The van der Waals surface area contributed by atoms with E-state index < -0.39 is 64.3 Å². The average molecular weight is 574 g/mol. The number of aliphatic hydroxyl groups excluding tert-OH is 3. The van der Waals surface area contributed by atoms with Gasteiger partial charge in [-0.1, -0.05) is 11.8 Å². The van der Waals surface area contributed by atoms with Crippen LogP contribution in [0.2, 0.25) is 0 Å². The van der Waals surface area contributed by atoms with E-state index in [1.165, 1.54) is 11.0 Å². The Morgan fingerprint density at radius 2 is 1.76 bits per heavy atom. The summed E-state index contributed by atoms with van der Waals surface area (Å²) in [6.45, 7) is 1.60. The molecule has 2 aromatic carbocycles. The quantitative estimate of drug-likeness (QED) is 0.158. The molecule has 42 heavy (non-hydrogen) atoms. The summed E-state index contributed by atoms with van der Waals surface area (Å²) in [6.07, 6.45) is -0.584. The van der Waals surface area contributed by atoms with Crippen LogP contribution in [0.25, 0.3) is 5.76 Å². The molecule has 11 nitrogen and oxygen atoms in total. The predicted molar refractivity (Wildman–Crippen MR) is 152 cm³/mol. The van der Waals surface area contributed by atoms with Crippen LogP contribution in [0.15, 0.2) is 53.3 Å². The van der Waals surface area contributed by atoms with Gasteiger partial charge in [0.2, 0.25) is 5.78 Å². The number of phenolic OH excluding ortho intramolecular Hbond substituents is 1. The number of nitrogens with one attached hydrogen (secondary N) is 1. The molecule has 0 bridgehead atoms. The van der Waals surface area contributed by atoms with Gasteiger partial charge < -0.3 is 36.6 Å². The molecule has 218 valence electrons. The molecule has 5 rings (SSSR count). The Hall–Kier alpha value is -4.63. The fourth-order valence-electron chi connectivity index (χ4n) is 6.39. The summed E-state index contributed by atoms with van der Waals surface area (Å²) in [5.74, 6) is -0.896. The van der Waals surface area contributed by atoms with Gasteiger partial charge in [-0.15, -0.1) is 0 Å². The van der Waals surface area contributed by atoms with Gasteiger partial charge in [0.1, 0.15) is 29.1 Å². The highest BCUT2D eigenvalue weighted by Crippen LogP contribution is 2.52. The summed E-state index contributed by atoms with van der Waals surface area (Å²) in [5.41, 5.74) is 3.94. The van der Waals surface area contributed by atoms with Crippen molar-refractivity contribution >= 4 is 28.9 Å². The number of nitrogens with zero attached hydrogens (tertiary/aromatic N) is 1. The van der Waals surface area contributed by atoms with Crippen LogP contribution in [-0.4, -0.2) is 79.9 Å². The second-order valence-corrected chi connectivity index (χ2v) is 11.1. The minimum absolute atomic E-state index is 0.00791. The molecule has 0 saturated heterocycles. The van der Waals surface area contributed by atoms with E-state index in [0.717, 1.165) is 0 Å². The number of fused-ring (bicyclic) bond motifs is 3. The number of carbonyl (C=O) groups is 3. The van der Waals surface area contributed by atoms with Crippen LogP contribution in [0.5, 0.6) is 5.75 Å². The zero-order valence-electron chi connectivity index (χ0n) is 23.2. The Bertz CT molecular complexity index is 1640. The Morgan fingerprint density at radius 1 is 1.10 bits per heavy atom. The van der Waals surface area contributed by atoms with E-state index in [9.17, 15) is 39.9 Å². The van der Waals surface area contributed by atoms with Crippen molar-refractivity contribution in [1.29, 1.82) is 0 Å². The normalized spacial score (nSPS) is 25.7. The number of amides is 1. The van der Waals surface area contributed by atoms with Crippen molar-refractivity contribution in [2.75, 3.05) is 19.4 Å². The van der Waals surface area contributed by atoms with Gasteiger partial charge in [0.15, 0.2) is 11.4 Å². The van der Waals surface area contributed by atoms with Crippen molar-refractivity contribution in [3.8, 4) is 17.6 Å². The summed E-state index contributed by atoms with van der Waals surface area (Å²) in [4.78, 5) is 40.7. The lowest BCUT2D eigenvalue weighted by Gasteiger charge is -2.50. The number of hydrogen-bond acceptors (Lipinski definition) is 10. The molecule has 5 atom stereocenters. The lowest BCUT2D eigenvalue weighted by atomic mass is 9.57. The van der Waals surface area contributed by atoms with Gasteiger partial charge >= 0.3 is 0 Å². The highest BCUT2D eigenvalue weighted by atomic mass is 16.3. The molecule has 3 aliphatic rings. The first-order chi connectivity index (χ1) is 19.8. The summed E-state index contributed by atoms with van der Waals surface area (Å²) in [6, 6.07) is 8.84. The molecule has 8 N–H and O–H groups in total. The van der Waals surface area contributed by atoms with Crippen LogP contribution in [0.4, 0.5) is 5.69 Å². The number of rotatable bonds is 4. The number of ketones is 2. The molecular formula is C31H31N3O8. The lowest BCUT2D eigenvalue weighted by molar-refractivity contribution is -0.153. The van der Waals surface area contributed by atoms with E-state index in [4.69, 9.17) is 5.73 Å². The second kappa shape index (κ2) is 10.3. The van der Waals surface area contributed by atoms with Gasteiger partial charge in [0.25, 0.3) is 5.91 Å². The number of carbonyl (C=O) groups excluding carboxylic acids is 3. The molecular weight excluding hydrogens is 542 g/mol. The summed E-state index contributed by atoms with van der Waals surface area (Å²) >= 11 is 0. The molecule has 1 fully saturated rings. The molecule has 0 aliphatic heterocycles. The molecule has 0 heterocycles. The second-order valence-electron chi connectivity index (χ2n) is 11.1. The average Bonchev–Trinajstić information content (AvgIpc) is 2.90. The SMILES string of the molecule is CC(O)Nc1ccc(C#Cc2ccc(O)c3c2C[C@H]2C[C@H]4[C@H](N(C)C)C(=O)C(C(N)=O)=C(O)[C@@]4(O)C(=O)C2=C3O)cc1. The van der Waals surface area contributed by atoms with Crippen molar-refractivity contribution in [3.63, 3.8) is 0 Å². The number of Topliss-reactive ketones (excluding diaryl/α,β-unsaturated/α-hetero) is 2. The largest absolute Gasteiger partial charge is 0.508 e. The third-order valence-corrected chi connectivity index (χ3v) is 8.21. The van der Waals surface area contributed by atoms with E-state index in [0.29, 0.717) is 22.4 Å². The molecule has 2 aromatic rings. The van der Waals surface area contributed by atoms with E-state index in [1.807, 2.05) is 0 Å². The number of aliphatic hydroxyl groups is 4. The Kier molecular flexibility index (Phi) is 7.10. The third-order valence-electron chi connectivity index (χ3n) is 8.21. The Balaban J connectivity index is 1.61. The number of benzene rings is 2. The van der Waals surface area contributed by atoms with Gasteiger partial charge in [-0.05, 0) is 81.7 Å². The van der Waals surface area contributed by atoms with Gasteiger partial charge in [-0.2, -0.15) is 0 Å². The molecule has 1 amide bonds. The molecule has 1 saturated carbocycles. The van der Waals surface area contributed by atoms with Crippen LogP contribution in [-0.2, 0) is 20.8 Å². The zero-order valence-corrected chi connectivity index (χ0v) is 23.2. The van der Waals surface area contributed by atoms with Crippen molar-refractivity contribution in [2.24, 2.45) is 17.6 Å². The Morgan fingerprint density at radius 3 is 2.36 bits per heavy atom. The van der Waals surface area contributed by atoms with Crippen LogP contribution in [0.3, 0.4) is 0 Å². The number of aromatic hydroxyl groups is 1. The molecule has 11 heteroatoms. The maximum atomic E-state index is 13.9. The van der Waals surface area contributed by atoms with E-state index >= 15 is 0 Å². The number of phenols is 1. The van der Waals surface area contributed by atoms with Gasteiger partial charge in [0, 0.05) is 28.3 Å². The first kappa shape index (κ1) is 28.9. The van der Waals surface area contributed by atoms with E-state index in [2.05, 4.69) is 17.2 Å². The third kappa shape index (κ3) is 4.41. The highest BCUT2D eigenvalue weighted by Gasteiger charge is 2.64. The fraction of sp³-hybridized carbons (Fsp3) is 0.323. The topological polar surface area (TPSA) is 194 Å². The monoisotopic (exact) mass is 573 g/mol. The summed E-state index contributed by atoms with van der Waals surface area (Å²) in [7, 11) is 3.10. The smallest absolute Gasteiger partial charge is 0.255 e. The fourth-order valence-corrected chi connectivity index (χ4v) is 6.39. The number of hydrogen-bond donors (Lipinski definition) is 7. The maximum Gasteiger partial charge on any atom is 0.255 e. The predicted octanol–water partition coefficient (Wildman–Crippen LogP) is 1.11. The number of nitrogens with two attached hydrogens (primary N) is 1. The molecule has 0 radical (unpaired) electrons. The number of primary amides is 1. The highest BCUT2D eigenvalue weighted by molar-refractivity contribution is 6.24. The van der Waals surface area contributed by atoms with Crippen LogP contribution in [0.1, 0.15) is 35.6 Å². The minimum Gasteiger partial charge on any atom is -0.508 e. The Labute approximate surface area is 241 Å². The van der Waals surface area contributed by atoms with Crippen molar-refractivity contribution in [3.05, 3.63) is 75.6 Å². The first-order valence-corrected chi connectivity index (χ1v) is 13.3. The minimum atomic E-state index is -2.69. The zero-order chi connectivity index (χ0) is 30.7. The van der Waals surface area contributed by atoms with Gasteiger partial charge in [-0.3, -0.25) is 19.3 Å². The van der Waals surface area contributed by atoms with E-state index in [1.54, 1.807) is 51.4 Å². The van der Waals surface area contributed by atoms with Crippen molar-refractivity contribution < 1.29 is 39.9 Å². The molecule has 1 unspecified atom stereocenters. The van der Waals surface area contributed by atoms with Crippen LogP contribution in [0, 0.1) is 23.7 Å². The van der Waals surface area contributed by atoms with Crippen LogP contribution >= 0.6 is 0 Å². The first-order valence-electron chi connectivity index (χ1n) is 13.3. The number of likely N-dealkylation sites (N-methyl/N-ethyl adjacent to an activating group) is 1. The van der Waals surface area contributed by atoms with Crippen molar-refractivity contribution in [2.45, 2.75) is 37.6 Å². The molecule has 0 aromatic heterocycles. The number of anilines is 1. The van der Waals surface area contributed by atoms with Gasteiger partial charge in [0.05, 0.1) is 11.6 Å². The van der Waals surface area contributed by atoms with E-state index in [-0.39, 0.29) is 29.7 Å². The molecule has 0 spiro atoms. The van der Waals surface area contributed by atoms with Crippen molar-refractivity contribution in [1.82, 2.24) is 4.90 Å². The standard InChI is InChI=1S/C31H31N3O8/c1-14(35)33-18-9-5-15(6-10-18)4-7-16-8-11-21(36)23-19(16)12-17-13-20-25(34(2)3)27(38)24(30(32)41)29(40)31(20,42)28(39)22(17)26(23)37/h5-6,8-11,14,17,20,25,33,35-37,40,42H,12-13H2,1-3H3,(H2,32,41)/t14?,17-,20-,25-,31-/m0/s1. The van der Waals surface area contributed by atoms with Gasteiger partial charge in [-0.25, -0.2) is 0 Å². The maximum absolute atomic E-state index is 13.9. The molecule has 3 aliphatic carbocycles. The summed E-state index contributed by atoms with van der Waals surface area (Å²) in [5, 5.41) is 57.1. The van der Waals surface area contributed by atoms with Crippen LogP contribution < -0.4 is 11.1 Å². The summed E-state index contributed by atoms with van der Waals surface area (Å²) < 4.78 is 0.